The lowest BCUT2D eigenvalue weighted by molar-refractivity contribution is 0.0740. The smallest absolute Gasteiger partial charge is 0.224 e. The molecule has 1 unspecified atom stereocenters. The van der Waals surface area contributed by atoms with Gasteiger partial charge in [-0.05, 0) is 30.7 Å². The fraction of sp³-hybridized carbons (Fsp3) is 0.316. The van der Waals surface area contributed by atoms with Crippen LogP contribution in [0.25, 0.3) is 5.82 Å². The number of methoxy groups -OCH3 is 2. The molecule has 0 bridgehead atoms. The number of aliphatic hydroxyl groups is 1. The highest BCUT2D eigenvalue weighted by Gasteiger charge is 2.22. The van der Waals surface area contributed by atoms with E-state index >= 15 is 0 Å². The fourth-order valence-corrected chi connectivity index (χ4v) is 2.84. The van der Waals surface area contributed by atoms with Gasteiger partial charge in [0.25, 0.3) is 0 Å². The van der Waals surface area contributed by atoms with Gasteiger partial charge in [0, 0.05) is 31.4 Å². The quantitative estimate of drug-likeness (QED) is 0.536. The van der Waals surface area contributed by atoms with E-state index in [-0.39, 0.29) is 12.5 Å². The Balaban J connectivity index is 1.70. The number of hydrogen-bond donors (Lipinski definition) is 3. The lowest BCUT2D eigenvalue weighted by Crippen LogP contribution is -2.36. The first kappa shape index (κ1) is 19.4. The monoisotopic (exact) mass is 384 g/mol. The van der Waals surface area contributed by atoms with Crippen LogP contribution in [-0.2, 0) is 6.42 Å². The highest BCUT2D eigenvalue weighted by Crippen LogP contribution is 2.29. The largest absolute Gasteiger partial charge is 0.493 e. The zero-order valence-corrected chi connectivity index (χ0v) is 16.1. The molecule has 9 heteroatoms. The van der Waals surface area contributed by atoms with Crippen LogP contribution in [0.5, 0.6) is 11.5 Å². The number of nitrogen functional groups attached to an aromatic ring is 1. The average Bonchev–Trinajstić information content (AvgIpc) is 3.20. The summed E-state index contributed by atoms with van der Waals surface area (Å²) < 4.78 is 12.2. The molecule has 2 heterocycles. The number of nitrogens with zero attached hydrogens (tertiary/aromatic N) is 4. The molecular weight excluding hydrogens is 360 g/mol. The number of hydrogen-bond acceptors (Lipinski definition) is 8. The van der Waals surface area contributed by atoms with Crippen molar-refractivity contribution in [1.29, 1.82) is 0 Å². The summed E-state index contributed by atoms with van der Waals surface area (Å²) >= 11 is 0. The van der Waals surface area contributed by atoms with E-state index in [1.54, 1.807) is 50.4 Å². The van der Waals surface area contributed by atoms with E-state index in [2.05, 4.69) is 20.4 Å². The first-order chi connectivity index (χ1) is 13.4. The molecule has 1 aromatic carbocycles. The molecule has 0 aliphatic rings. The van der Waals surface area contributed by atoms with Crippen molar-refractivity contribution in [2.75, 3.05) is 31.8 Å². The van der Waals surface area contributed by atoms with Gasteiger partial charge in [-0.25, -0.2) is 4.68 Å². The van der Waals surface area contributed by atoms with Crippen LogP contribution in [-0.4, -0.2) is 51.2 Å². The molecule has 0 spiro atoms. The summed E-state index contributed by atoms with van der Waals surface area (Å²) in [7, 11) is 3.17. The van der Waals surface area contributed by atoms with Gasteiger partial charge in [0.15, 0.2) is 17.3 Å². The second kappa shape index (κ2) is 8.13. The van der Waals surface area contributed by atoms with Crippen LogP contribution in [0.15, 0.2) is 42.7 Å². The fourth-order valence-electron chi connectivity index (χ4n) is 2.84. The zero-order valence-electron chi connectivity index (χ0n) is 16.1. The summed E-state index contributed by atoms with van der Waals surface area (Å²) in [5, 5.41) is 18.1. The minimum Gasteiger partial charge on any atom is -0.493 e. The maximum absolute atomic E-state index is 10.8. The van der Waals surface area contributed by atoms with Gasteiger partial charge >= 0.3 is 0 Å². The summed E-state index contributed by atoms with van der Waals surface area (Å²) in [5.41, 5.74) is 5.68. The van der Waals surface area contributed by atoms with Crippen LogP contribution in [0.1, 0.15) is 12.5 Å². The predicted molar refractivity (Wildman–Crippen MR) is 106 cm³/mol. The number of nitrogens with two attached hydrogens (primary N) is 1. The number of rotatable bonds is 8. The SMILES string of the molecule is COc1ccc(CC(C)(O)CNc2cc(-n3cccn3)nc(N)n2)cc1OC. The van der Waals surface area contributed by atoms with Crippen molar-refractivity contribution in [3.63, 3.8) is 0 Å². The van der Waals surface area contributed by atoms with E-state index in [0.29, 0.717) is 29.6 Å². The standard InChI is InChI=1S/C19H24N6O3/c1-19(26,11-13-5-6-14(27-2)15(9-13)28-3)12-21-16-10-17(24-18(20)23-16)25-8-4-7-22-25/h4-10,26H,11-12H2,1-3H3,(H3,20,21,23,24). The first-order valence-electron chi connectivity index (χ1n) is 8.72. The molecule has 3 aromatic rings. The molecule has 0 aliphatic heterocycles. The lowest BCUT2D eigenvalue weighted by Gasteiger charge is -2.24. The number of benzene rings is 1. The number of nitrogens with one attached hydrogen (secondary N) is 1. The molecule has 3 rings (SSSR count). The molecule has 0 saturated heterocycles. The molecule has 0 saturated carbocycles. The van der Waals surface area contributed by atoms with Gasteiger partial charge in [-0.3, -0.25) is 0 Å². The molecule has 0 amide bonds. The molecule has 0 radical (unpaired) electrons. The molecule has 2 aromatic heterocycles. The Morgan fingerprint density at radius 3 is 2.64 bits per heavy atom. The van der Waals surface area contributed by atoms with Gasteiger partial charge < -0.3 is 25.6 Å². The van der Waals surface area contributed by atoms with Crippen LogP contribution in [0.4, 0.5) is 11.8 Å². The summed E-state index contributed by atoms with van der Waals surface area (Å²) in [4.78, 5) is 8.33. The highest BCUT2D eigenvalue weighted by atomic mass is 16.5. The van der Waals surface area contributed by atoms with Gasteiger partial charge in [-0.1, -0.05) is 6.07 Å². The normalized spacial score (nSPS) is 13.0. The molecule has 9 nitrogen and oxygen atoms in total. The molecule has 148 valence electrons. The van der Waals surface area contributed by atoms with Crippen LogP contribution < -0.4 is 20.5 Å². The Hall–Kier alpha value is -3.33. The first-order valence-corrected chi connectivity index (χ1v) is 8.72. The van der Waals surface area contributed by atoms with Crippen molar-refractivity contribution in [2.24, 2.45) is 0 Å². The van der Waals surface area contributed by atoms with Gasteiger partial charge in [-0.15, -0.1) is 0 Å². The second-order valence-electron chi connectivity index (χ2n) is 6.64. The number of anilines is 2. The van der Waals surface area contributed by atoms with Gasteiger partial charge in [0.2, 0.25) is 5.95 Å². The average molecular weight is 384 g/mol. The molecule has 0 fully saturated rings. The Labute approximate surface area is 163 Å². The second-order valence-corrected chi connectivity index (χ2v) is 6.64. The molecule has 0 aliphatic carbocycles. The van der Waals surface area contributed by atoms with Crippen molar-refractivity contribution in [1.82, 2.24) is 19.7 Å². The van der Waals surface area contributed by atoms with E-state index in [4.69, 9.17) is 15.2 Å². The molecule has 28 heavy (non-hydrogen) atoms. The highest BCUT2D eigenvalue weighted by molar-refractivity contribution is 5.46. The summed E-state index contributed by atoms with van der Waals surface area (Å²) in [5.74, 6) is 2.43. The van der Waals surface area contributed by atoms with Crippen molar-refractivity contribution >= 4 is 11.8 Å². The Bertz CT molecular complexity index is 927. The zero-order chi connectivity index (χ0) is 20.1. The van der Waals surface area contributed by atoms with Crippen molar-refractivity contribution in [3.8, 4) is 17.3 Å². The van der Waals surface area contributed by atoms with E-state index in [0.717, 1.165) is 5.56 Å². The Morgan fingerprint density at radius 2 is 1.96 bits per heavy atom. The van der Waals surface area contributed by atoms with Crippen LogP contribution >= 0.6 is 0 Å². The van der Waals surface area contributed by atoms with Crippen molar-refractivity contribution in [3.05, 3.63) is 48.3 Å². The number of ether oxygens (including phenoxy) is 2. The third kappa shape index (κ3) is 4.68. The van der Waals surface area contributed by atoms with Crippen LogP contribution in [0.2, 0.25) is 0 Å². The minimum atomic E-state index is -1.04. The van der Waals surface area contributed by atoms with Gasteiger partial charge in [0.1, 0.15) is 5.82 Å². The third-order valence-corrected chi connectivity index (χ3v) is 4.15. The van der Waals surface area contributed by atoms with E-state index in [1.165, 1.54) is 0 Å². The van der Waals surface area contributed by atoms with Crippen LogP contribution in [0.3, 0.4) is 0 Å². The maximum Gasteiger partial charge on any atom is 0.224 e. The lowest BCUT2D eigenvalue weighted by atomic mass is 9.96. The van der Waals surface area contributed by atoms with E-state index < -0.39 is 5.60 Å². The molecule has 1 atom stereocenters. The summed E-state index contributed by atoms with van der Waals surface area (Å²) in [6.07, 6.45) is 3.82. The maximum atomic E-state index is 10.8. The van der Waals surface area contributed by atoms with Crippen LogP contribution in [0, 0.1) is 0 Å². The Morgan fingerprint density at radius 1 is 1.18 bits per heavy atom. The van der Waals surface area contributed by atoms with Crippen molar-refractivity contribution < 1.29 is 14.6 Å². The summed E-state index contributed by atoms with van der Waals surface area (Å²) in [6, 6.07) is 9.08. The third-order valence-electron chi connectivity index (χ3n) is 4.15. The minimum absolute atomic E-state index is 0.120. The van der Waals surface area contributed by atoms with Crippen molar-refractivity contribution in [2.45, 2.75) is 18.9 Å². The topological polar surface area (TPSA) is 120 Å². The van der Waals surface area contributed by atoms with Gasteiger partial charge in [0.05, 0.1) is 19.8 Å². The predicted octanol–water partition coefficient (Wildman–Crippen LogP) is 1.67. The number of aromatic nitrogens is 4. The van der Waals surface area contributed by atoms with E-state index in [1.807, 2.05) is 18.2 Å². The Kier molecular flexibility index (Phi) is 5.65. The summed E-state index contributed by atoms with van der Waals surface area (Å²) in [6.45, 7) is 2.01. The molecule has 4 N–H and O–H groups in total. The van der Waals surface area contributed by atoms with Gasteiger partial charge in [-0.2, -0.15) is 15.1 Å². The van der Waals surface area contributed by atoms with E-state index in [9.17, 15) is 5.11 Å². The molecular formula is C19H24N6O3.